The highest BCUT2D eigenvalue weighted by molar-refractivity contribution is 9.09. The van der Waals surface area contributed by atoms with Crippen LogP contribution in [0.25, 0.3) is 0 Å². The predicted octanol–water partition coefficient (Wildman–Crippen LogP) is 2.88. The Bertz CT molecular complexity index is 895. The molecule has 1 aromatic heterocycles. The first-order chi connectivity index (χ1) is 12.0. The van der Waals surface area contributed by atoms with Crippen LogP contribution in [0.2, 0.25) is 0 Å². The second-order valence-corrected chi connectivity index (χ2v) is 6.44. The van der Waals surface area contributed by atoms with Gasteiger partial charge in [0.05, 0.1) is 16.1 Å². The quantitative estimate of drug-likeness (QED) is 0.434. The Hall–Kier alpha value is -2.59. The molecule has 25 heavy (non-hydrogen) atoms. The van der Waals surface area contributed by atoms with Crippen LogP contribution in [0, 0.1) is 10.1 Å². The van der Waals surface area contributed by atoms with Crippen LogP contribution in [0.1, 0.15) is 16.6 Å². The molecule has 10 heteroatoms. The third-order valence-electron chi connectivity index (χ3n) is 3.55. The van der Waals surface area contributed by atoms with E-state index in [2.05, 4.69) is 31.2 Å². The number of aliphatic carboxylic acids is 1. The standard InChI is InChI=1S/C15H11BrN4O4S/c16-7-9-11(15(21)22)12(8-3-1-2-4-10(8)20(23)24)19-13(18-9)14-17-5-6-25-14/h1-6,12H,7H2,(H,18,19)(H,21,22). The van der Waals surface area contributed by atoms with E-state index in [0.717, 1.165) is 0 Å². The molecule has 2 N–H and O–H groups in total. The first kappa shape index (κ1) is 17.2. The Kier molecular flexibility index (Phi) is 4.91. The number of nitro groups is 1. The van der Waals surface area contributed by atoms with Crippen LogP contribution >= 0.6 is 27.3 Å². The average Bonchev–Trinajstić information content (AvgIpc) is 3.15. The van der Waals surface area contributed by atoms with Gasteiger partial charge in [0.1, 0.15) is 6.04 Å². The van der Waals surface area contributed by atoms with Crippen molar-refractivity contribution in [1.82, 2.24) is 10.3 Å². The first-order valence-electron chi connectivity index (χ1n) is 7.03. The topological polar surface area (TPSA) is 118 Å². The molecule has 0 spiro atoms. The third kappa shape index (κ3) is 3.30. The lowest BCUT2D eigenvalue weighted by molar-refractivity contribution is -0.385. The molecular formula is C15H11BrN4O4S. The van der Waals surface area contributed by atoms with Crippen LogP contribution in [-0.2, 0) is 4.79 Å². The summed E-state index contributed by atoms with van der Waals surface area (Å²) in [6.07, 6.45) is 1.61. The number of hydrogen-bond donors (Lipinski definition) is 2. The van der Waals surface area contributed by atoms with Gasteiger partial charge >= 0.3 is 5.97 Å². The number of carboxylic acid groups (broad SMARTS) is 1. The van der Waals surface area contributed by atoms with Gasteiger partial charge in [0, 0.05) is 28.7 Å². The maximum atomic E-state index is 11.8. The molecule has 2 aromatic rings. The second kappa shape index (κ2) is 7.11. The largest absolute Gasteiger partial charge is 0.478 e. The summed E-state index contributed by atoms with van der Waals surface area (Å²) < 4.78 is 0. The SMILES string of the molecule is O=C(O)C1=C(CBr)NC(c2nccs2)=NC1c1ccccc1[N+](=O)[O-]. The summed E-state index contributed by atoms with van der Waals surface area (Å²) in [5.41, 5.74) is 0.394. The van der Waals surface area contributed by atoms with Crippen molar-refractivity contribution in [2.45, 2.75) is 6.04 Å². The molecular weight excluding hydrogens is 412 g/mol. The summed E-state index contributed by atoms with van der Waals surface area (Å²) >= 11 is 4.60. The Morgan fingerprint density at radius 2 is 2.20 bits per heavy atom. The zero-order valence-corrected chi connectivity index (χ0v) is 15.0. The number of thiazole rings is 1. The highest BCUT2D eigenvalue weighted by Gasteiger charge is 2.34. The number of halogens is 1. The predicted molar refractivity (Wildman–Crippen MR) is 96.1 cm³/mol. The molecule has 128 valence electrons. The molecule has 1 aliphatic heterocycles. The molecule has 1 aromatic carbocycles. The maximum absolute atomic E-state index is 11.8. The number of amidine groups is 1. The fourth-order valence-corrected chi connectivity index (χ4v) is 3.54. The molecule has 0 fully saturated rings. The minimum absolute atomic E-state index is 0.0357. The van der Waals surface area contributed by atoms with Crippen molar-refractivity contribution >= 4 is 44.8 Å². The molecule has 0 bridgehead atoms. The summed E-state index contributed by atoms with van der Waals surface area (Å²) in [5.74, 6) is -0.801. The van der Waals surface area contributed by atoms with Gasteiger partial charge < -0.3 is 10.4 Å². The van der Waals surface area contributed by atoms with Crippen molar-refractivity contribution in [2.24, 2.45) is 4.99 Å². The van der Waals surface area contributed by atoms with E-state index in [1.54, 1.807) is 17.6 Å². The van der Waals surface area contributed by atoms with Crippen molar-refractivity contribution in [2.75, 3.05) is 5.33 Å². The van der Waals surface area contributed by atoms with Gasteiger partial charge in [-0.15, -0.1) is 11.3 Å². The number of nitro benzene ring substituents is 1. The Morgan fingerprint density at radius 3 is 2.80 bits per heavy atom. The maximum Gasteiger partial charge on any atom is 0.335 e. The van der Waals surface area contributed by atoms with E-state index in [0.29, 0.717) is 16.5 Å². The molecule has 1 unspecified atom stereocenters. The van der Waals surface area contributed by atoms with Crippen molar-refractivity contribution in [3.63, 3.8) is 0 Å². The zero-order chi connectivity index (χ0) is 18.0. The Balaban J connectivity index is 2.21. The van der Waals surface area contributed by atoms with Crippen molar-refractivity contribution in [3.8, 4) is 0 Å². The van der Waals surface area contributed by atoms with E-state index >= 15 is 0 Å². The van der Waals surface area contributed by atoms with Crippen molar-refractivity contribution < 1.29 is 14.8 Å². The number of carbonyl (C=O) groups is 1. The number of para-hydroxylation sites is 1. The first-order valence-corrected chi connectivity index (χ1v) is 9.03. The van der Waals surface area contributed by atoms with Crippen LogP contribution in [0.3, 0.4) is 0 Å². The van der Waals surface area contributed by atoms with Crippen molar-refractivity contribution in [1.29, 1.82) is 0 Å². The number of hydrogen-bond acceptors (Lipinski definition) is 7. The summed E-state index contributed by atoms with van der Waals surface area (Å²) in [5, 5.41) is 26.5. The van der Waals surface area contributed by atoms with Crippen molar-refractivity contribution in [3.05, 3.63) is 67.8 Å². The van der Waals surface area contributed by atoms with Gasteiger partial charge in [0.15, 0.2) is 10.8 Å². The van der Waals surface area contributed by atoms with Gasteiger partial charge in [-0.2, -0.15) is 0 Å². The molecule has 0 saturated heterocycles. The summed E-state index contributed by atoms with van der Waals surface area (Å²) in [6, 6.07) is 5.00. The third-order valence-corrected chi connectivity index (χ3v) is 4.89. The number of alkyl halides is 1. The second-order valence-electron chi connectivity index (χ2n) is 4.99. The number of aliphatic imine (C=N–C) groups is 1. The van der Waals surface area contributed by atoms with E-state index in [1.165, 1.54) is 29.5 Å². The van der Waals surface area contributed by atoms with Crippen LogP contribution in [-0.4, -0.2) is 32.1 Å². The lowest BCUT2D eigenvalue weighted by atomic mass is 9.95. The number of rotatable bonds is 5. The van der Waals surface area contributed by atoms with Crippen LogP contribution in [0.15, 0.2) is 52.1 Å². The minimum Gasteiger partial charge on any atom is -0.478 e. The monoisotopic (exact) mass is 422 g/mol. The average molecular weight is 423 g/mol. The summed E-state index contributed by atoms with van der Waals surface area (Å²) in [7, 11) is 0. The van der Waals surface area contributed by atoms with Gasteiger partial charge in [-0.1, -0.05) is 28.1 Å². The van der Waals surface area contributed by atoms with E-state index in [9.17, 15) is 20.0 Å². The van der Waals surface area contributed by atoms with Gasteiger partial charge in [-0.05, 0) is 6.07 Å². The summed E-state index contributed by atoms with van der Waals surface area (Å²) in [4.78, 5) is 31.2. The van der Waals surface area contributed by atoms with Crippen LogP contribution < -0.4 is 5.32 Å². The van der Waals surface area contributed by atoms with Crippen LogP contribution in [0.4, 0.5) is 5.69 Å². The smallest absolute Gasteiger partial charge is 0.335 e. The number of nitrogens with zero attached hydrogens (tertiary/aromatic N) is 3. The Labute approximate surface area is 154 Å². The molecule has 0 amide bonds. The molecule has 8 nitrogen and oxygen atoms in total. The molecule has 3 rings (SSSR count). The molecule has 0 aliphatic carbocycles. The molecule has 1 aliphatic rings. The van der Waals surface area contributed by atoms with E-state index in [-0.39, 0.29) is 22.2 Å². The number of nitrogens with one attached hydrogen (secondary N) is 1. The van der Waals surface area contributed by atoms with Gasteiger partial charge in [0.25, 0.3) is 5.69 Å². The lowest BCUT2D eigenvalue weighted by Crippen LogP contribution is -2.34. The fraction of sp³-hybridized carbons (Fsp3) is 0.133. The lowest BCUT2D eigenvalue weighted by Gasteiger charge is -2.25. The molecule has 0 saturated carbocycles. The number of allylic oxidation sites excluding steroid dienone is 1. The van der Waals surface area contributed by atoms with Gasteiger partial charge in [-0.25, -0.2) is 9.78 Å². The number of carboxylic acids is 1. The highest BCUT2D eigenvalue weighted by atomic mass is 79.9. The van der Waals surface area contributed by atoms with E-state index in [1.807, 2.05) is 0 Å². The molecule has 1 atom stereocenters. The van der Waals surface area contributed by atoms with E-state index < -0.39 is 16.9 Å². The molecule has 2 heterocycles. The molecule has 0 radical (unpaired) electrons. The number of aromatic nitrogens is 1. The normalized spacial score (nSPS) is 17.0. The van der Waals surface area contributed by atoms with E-state index in [4.69, 9.17) is 0 Å². The fourth-order valence-electron chi connectivity index (χ4n) is 2.51. The highest BCUT2D eigenvalue weighted by Crippen LogP contribution is 2.36. The zero-order valence-electron chi connectivity index (χ0n) is 12.5. The number of benzene rings is 1. The van der Waals surface area contributed by atoms with Gasteiger partial charge in [-0.3, -0.25) is 15.1 Å². The van der Waals surface area contributed by atoms with Crippen LogP contribution in [0.5, 0.6) is 0 Å². The Morgan fingerprint density at radius 1 is 1.44 bits per heavy atom. The summed E-state index contributed by atoms with van der Waals surface area (Å²) in [6.45, 7) is 0. The van der Waals surface area contributed by atoms with Gasteiger partial charge in [0.2, 0.25) is 0 Å². The minimum atomic E-state index is -1.19.